The van der Waals surface area contributed by atoms with Crippen LogP contribution in [0.15, 0.2) is 0 Å². The van der Waals surface area contributed by atoms with Crippen molar-refractivity contribution in [2.24, 2.45) is 0 Å². The lowest BCUT2D eigenvalue weighted by atomic mass is 28.4. The minimum Gasteiger partial charge on any atom is -0.102 e. The number of rotatable bonds is 19. The van der Waals surface area contributed by atoms with E-state index in [1.165, 1.54) is 0 Å². The smallest absolute Gasteiger partial charge is 0.0000976 e. The van der Waals surface area contributed by atoms with Crippen LogP contribution >= 0.6 is 336 Å². The molecular weight excluding hydrogens is 1300 g/mol. The van der Waals surface area contributed by atoms with Gasteiger partial charge in [-0.15, -0.1) is 196 Å². The monoisotopic (exact) mass is 1350 g/mol. The fourth-order valence-electron chi connectivity index (χ4n) is 2.42. The molecule has 0 saturated heterocycles. The van der Waals surface area contributed by atoms with E-state index in [4.69, 9.17) is 0 Å². The van der Waals surface area contributed by atoms with E-state index in [-0.39, 0.29) is 140 Å². The first-order valence-electron chi connectivity index (χ1n) is 9.48. The first kappa shape index (κ1) is 60.1. The Morgan fingerprint density at radius 3 is 0.333 bits per heavy atom. The molecule has 0 aromatic rings. The molecule has 0 heterocycles. The van der Waals surface area contributed by atoms with Crippen LogP contribution in [-0.4, -0.2) is 0 Å². The van der Waals surface area contributed by atoms with E-state index in [0.29, 0.717) is 0 Å². The van der Waals surface area contributed by atoms with Gasteiger partial charge in [-0.1, -0.05) is 0 Å². The molecule has 0 aliphatic rings. The normalized spacial score (nSPS) is 15.1. The summed E-state index contributed by atoms with van der Waals surface area (Å²) >= 11 is 0. The van der Waals surface area contributed by atoms with Gasteiger partial charge >= 0.3 is 0 Å². The van der Waals surface area contributed by atoms with Crippen molar-refractivity contribution in [3.8, 4) is 0 Å². The second-order valence-electron chi connectivity index (χ2n) is 6.60. The van der Waals surface area contributed by atoms with Gasteiger partial charge in [-0.3, -0.25) is 0 Å². The van der Waals surface area contributed by atoms with Gasteiger partial charge in [-0.2, -0.15) is 0 Å². The van der Waals surface area contributed by atoms with Crippen LogP contribution in [0.4, 0.5) is 0 Å². The molecule has 0 fully saturated rings. The van der Waals surface area contributed by atoms with Crippen molar-refractivity contribution in [3.05, 3.63) is 0 Å². The third-order valence-electron chi connectivity index (χ3n) is 3.55. The van der Waals surface area contributed by atoms with Crippen LogP contribution in [0.3, 0.4) is 0 Å². The summed E-state index contributed by atoms with van der Waals surface area (Å²) in [5, 5.41) is 0. The zero-order valence-electron chi connectivity index (χ0n) is 21.6. The first-order chi connectivity index (χ1) is 19.0. The Morgan fingerprint density at radius 2 is 0.214 bits per heavy atom. The average Bonchev–Trinajstić information content (AvgIpc) is 2.75. The Morgan fingerprint density at radius 1 is 0.119 bits per heavy atom. The molecule has 0 saturated carbocycles. The van der Waals surface area contributed by atoms with Gasteiger partial charge in [0.25, 0.3) is 0 Å². The van der Waals surface area contributed by atoms with Gasteiger partial charge in [0, 0.05) is 0 Å². The molecule has 0 aliphatic carbocycles. The van der Waals surface area contributed by atoms with Crippen LogP contribution in [0.1, 0.15) is 0 Å². The van der Waals surface area contributed by atoms with Crippen LogP contribution in [0.25, 0.3) is 0 Å². The zero-order chi connectivity index (χ0) is 33.5. The highest BCUT2D eigenvalue weighted by atomic mass is 33.5. The SMILES string of the molecule is PP(P)P(P(P)P)P(P(P)P)P(P(P(P(P)P)P(P)P)P(P(P)P)P(P)P)P(P(P(P)P)P(P)P)P(P(P)P)P(P)P. The van der Waals surface area contributed by atoms with Gasteiger partial charge in [0.15, 0.2) is 0 Å². The lowest BCUT2D eigenvalue weighted by Crippen LogP contribution is -1.69. The molecule has 0 amide bonds. The fraction of sp³-hybridized carbons (Fsp3) is 0. The van der Waals surface area contributed by atoms with Crippen molar-refractivity contribution in [1.29, 1.82) is 0 Å². The molecule has 254 valence electrons. The Kier molecular flexibility index (Phi) is 46.7. The molecule has 23 atom stereocenters. The number of hydrogen-bond donors (Lipinski definition) is 0. The van der Waals surface area contributed by atoms with Crippen LogP contribution in [0, 0.1) is 0 Å². The van der Waals surface area contributed by atoms with E-state index in [2.05, 4.69) is 196 Å². The summed E-state index contributed by atoms with van der Waals surface area (Å²) in [4.78, 5) is 0. The minimum absolute atomic E-state index is 0.0542. The highest BCUT2D eigenvalue weighted by molar-refractivity contribution is 9.49. The van der Waals surface area contributed by atoms with Gasteiger partial charge < -0.3 is 0 Å². The number of hydrogen-bond acceptors (Lipinski definition) is 0. The molecule has 0 N–H and O–H groups in total. The van der Waals surface area contributed by atoms with Gasteiger partial charge in [0.05, 0.1) is 0 Å². The van der Waals surface area contributed by atoms with Crippen LogP contribution < -0.4 is 0 Å². The third kappa shape index (κ3) is 21.4. The van der Waals surface area contributed by atoms with Crippen LogP contribution in [-0.2, 0) is 0 Å². The maximum atomic E-state index is 3.49. The van der Waals surface area contributed by atoms with E-state index in [9.17, 15) is 0 Å². The molecule has 0 aromatic carbocycles. The molecule has 0 nitrogen and oxygen atoms in total. The third-order valence-corrected chi connectivity index (χ3v) is 288. The molecule has 42 heteroatoms. The first-order valence-corrected chi connectivity index (χ1v) is 85.3. The van der Waals surface area contributed by atoms with Crippen LogP contribution in [0.2, 0.25) is 0 Å². The van der Waals surface area contributed by atoms with Gasteiger partial charge in [0.1, 0.15) is 0 Å². The largest absolute Gasteiger partial charge is 0.102 e. The van der Waals surface area contributed by atoms with E-state index in [1.54, 1.807) is 0 Å². The lowest BCUT2D eigenvalue weighted by molar-refractivity contribution is 4.37. The molecule has 0 aliphatic heterocycles. The van der Waals surface area contributed by atoms with E-state index >= 15 is 0 Å². The van der Waals surface area contributed by atoms with Gasteiger partial charge in [0.2, 0.25) is 0 Å². The molecule has 0 aromatic heterocycles. The predicted octanol–water partition coefficient (Wildman–Crippen LogP) is 24.4. The summed E-state index contributed by atoms with van der Waals surface area (Å²) < 4.78 is 0. The summed E-state index contributed by atoms with van der Waals surface area (Å²) in [7, 11) is 75.0. The lowest BCUT2D eigenvalue weighted by Gasteiger charge is -2.56. The standard InChI is InChI=1S/H44P42/c1-23(2)34(24(3)4)39(33(21)22)42(40(35(25(5)6)26(7)8)36(27(9)10)28(11)12)41(37(29(13)14)30(15)16)38(31(17)18)32(19)20/h1-22H2. The van der Waals surface area contributed by atoms with Crippen molar-refractivity contribution in [2.45, 2.75) is 0 Å². The second-order valence-corrected chi connectivity index (χ2v) is 178. The summed E-state index contributed by atoms with van der Waals surface area (Å²) in [5.41, 5.74) is 0. The predicted molar refractivity (Wildman–Crippen MR) is 352 cm³/mol. The molecule has 0 spiro atoms. The van der Waals surface area contributed by atoms with Crippen molar-refractivity contribution in [1.82, 2.24) is 0 Å². The van der Waals surface area contributed by atoms with Gasteiger partial charge in [-0.05, 0) is 140 Å². The second kappa shape index (κ2) is 32.7. The van der Waals surface area contributed by atoms with Gasteiger partial charge in [-0.25, -0.2) is 0 Å². The summed E-state index contributed by atoms with van der Waals surface area (Å²) in [6.45, 7) is -2.19. The van der Waals surface area contributed by atoms with Crippen LogP contribution in [0.5, 0.6) is 0 Å². The maximum Gasteiger partial charge on any atom is -0.0000976 e. The zero-order valence-corrected chi connectivity index (χ0v) is 64.9. The summed E-state index contributed by atoms with van der Waals surface area (Å²) in [5.74, 6) is 0. The fourth-order valence-corrected chi connectivity index (χ4v) is 588. The molecular formula is H44P42. The Hall–Kier alpha value is 18.1. The topological polar surface area (TPSA) is 0 Å². The van der Waals surface area contributed by atoms with E-state index < -0.39 is 0 Å². The van der Waals surface area contributed by atoms with E-state index in [1.807, 2.05) is 0 Å². The summed E-state index contributed by atoms with van der Waals surface area (Å²) in [6, 6.07) is 0. The van der Waals surface area contributed by atoms with Crippen molar-refractivity contribution < 1.29 is 0 Å². The summed E-state index contributed by atoms with van der Waals surface area (Å²) in [6.07, 6.45) is 0. The maximum absolute atomic E-state index is 3.49. The Balaban J connectivity index is 8.59. The Labute approximate surface area is 331 Å². The van der Waals surface area contributed by atoms with Crippen molar-refractivity contribution >= 4 is 336 Å². The molecule has 23 unspecified atom stereocenters. The Bertz CT molecular complexity index is 563. The highest BCUT2D eigenvalue weighted by Crippen LogP contribution is 3.43. The molecule has 0 bridgehead atoms. The molecule has 0 radical (unpaired) electrons. The quantitative estimate of drug-likeness (QED) is 0.113. The molecule has 0 rings (SSSR count). The minimum atomic E-state index is -0.168. The molecule has 42 heavy (non-hydrogen) atoms. The van der Waals surface area contributed by atoms with Crippen molar-refractivity contribution in [3.63, 3.8) is 0 Å². The van der Waals surface area contributed by atoms with Crippen molar-refractivity contribution in [2.75, 3.05) is 0 Å². The highest BCUT2D eigenvalue weighted by Gasteiger charge is 2.56. The average molecular weight is 1350 g/mol. The van der Waals surface area contributed by atoms with E-state index in [0.717, 1.165) is 0 Å².